The Morgan fingerprint density at radius 3 is 1.33 bits per heavy atom. The summed E-state index contributed by atoms with van der Waals surface area (Å²) in [4.78, 5) is 4.97. The van der Waals surface area contributed by atoms with Crippen LogP contribution in [0.15, 0.2) is 243 Å². The summed E-state index contributed by atoms with van der Waals surface area (Å²) in [6, 6.07) is 90.5. The number of benzene rings is 10. The quantitative estimate of drug-likeness (QED) is 0.150. The van der Waals surface area contributed by atoms with Gasteiger partial charge in [0.05, 0.1) is 11.1 Å². The standard InChI is InChI=1S/C67H52N2/c1-65(2)58-35-15-11-30-52(58)56-41-40-51(44-62(56)65)68(48-27-19-24-46(42-48)67(45-22-7-5-8-23-45)60-37-17-13-31-53(60)54-32-14-18-38-61(54)67)49-28-20-29-50(43-49)69(47-25-9-6-10-26-47)63-39-21-34-57-55-33-12-16-36-59(55)66(3,4)64(57)63/h5-44H,1-4H3. The molecule has 0 amide bonds. The first-order valence-electron chi connectivity index (χ1n) is 24.3. The predicted molar refractivity (Wildman–Crippen MR) is 288 cm³/mol. The highest BCUT2D eigenvalue weighted by atomic mass is 15.2. The number of hydrogen-bond donors (Lipinski definition) is 0. The zero-order valence-electron chi connectivity index (χ0n) is 39.5. The molecule has 0 saturated carbocycles. The number of fused-ring (bicyclic) bond motifs is 9. The van der Waals surface area contributed by atoms with Gasteiger partial charge in [-0.3, -0.25) is 0 Å². The third-order valence-electron chi connectivity index (χ3n) is 15.7. The van der Waals surface area contributed by atoms with Gasteiger partial charge in [0, 0.05) is 39.3 Å². The van der Waals surface area contributed by atoms with Crippen LogP contribution in [0.4, 0.5) is 34.1 Å². The number of hydrogen-bond acceptors (Lipinski definition) is 2. The molecule has 0 aromatic heterocycles. The smallest absolute Gasteiger partial charge is 0.0714 e. The molecule has 330 valence electrons. The molecular formula is C67H52N2. The lowest BCUT2D eigenvalue weighted by molar-refractivity contribution is 0.660. The Labute approximate surface area is 406 Å². The van der Waals surface area contributed by atoms with Crippen molar-refractivity contribution in [1.29, 1.82) is 0 Å². The Morgan fingerprint density at radius 2 is 0.681 bits per heavy atom. The largest absolute Gasteiger partial charge is 0.310 e. The first-order chi connectivity index (χ1) is 33.8. The van der Waals surface area contributed by atoms with Gasteiger partial charge in [-0.05, 0) is 139 Å². The minimum Gasteiger partial charge on any atom is -0.310 e. The SMILES string of the molecule is CC1(C)c2ccccc2-c2ccc(N(c3cccc(N(c4ccccc4)c4cccc5c4C(C)(C)c4ccccc4-5)c3)c3cccc(C4(c5ccccc5)c5ccccc5-c5ccccc54)c3)cc21. The summed E-state index contributed by atoms with van der Waals surface area (Å²) >= 11 is 0. The van der Waals surface area contributed by atoms with E-state index in [4.69, 9.17) is 0 Å². The van der Waals surface area contributed by atoms with Crippen molar-refractivity contribution in [3.05, 3.63) is 287 Å². The molecular weight excluding hydrogens is 833 g/mol. The zero-order valence-corrected chi connectivity index (χ0v) is 39.5. The van der Waals surface area contributed by atoms with Crippen LogP contribution in [0, 0.1) is 0 Å². The second kappa shape index (κ2) is 15.4. The molecule has 0 unspecified atom stereocenters. The van der Waals surface area contributed by atoms with Gasteiger partial charge in [-0.25, -0.2) is 0 Å². The van der Waals surface area contributed by atoms with Crippen molar-refractivity contribution in [3.63, 3.8) is 0 Å². The van der Waals surface area contributed by atoms with Crippen molar-refractivity contribution in [2.24, 2.45) is 0 Å². The van der Waals surface area contributed by atoms with Crippen LogP contribution in [0.3, 0.4) is 0 Å². The fourth-order valence-electron chi connectivity index (χ4n) is 12.6. The lowest BCUT2D eigenvalue weighted by Gasteiger charge is -2.35. The lowest BCUT2D eigenvalue weighted by atomic mass is 9.67. The second-order valence-electron chi connectivity index (χ2n) is 20.1. The van der Waals surface area contributed by atoms with E-state index >= 15 is 0 Å². The molecule has 0 atom stereocenters. The summed E-state index contributed by atoms with van der Waals surface area (Å²) in [6.07, 6.45) is 0. The van der Waals surface area contributed by atoms with Crippen molar-refractivity contribution in [2.75, 3.05) is 9.80 Å². The van der Waals surface area contributed by atoms with Crippen LogP contribution in [-0.4, -0.2) is 0 Å². The van der Waals surface area contributed by atoms with E-state index in [-0.39, 0.29) is 10.8 Å². The van der Waals surface area contributed by atoms with Crippen LogP contribution in [0.25, 0.3) is 33.4 Å². The van der Waals surface area contributed by atoms with E-state index in [2.05, 4.69) is 280 Å². The molecule has 69 heavy (non-hydrogen) atoms. The summed E-state index contributed by atoms with van der Waals surface area (Å²) in [6.45, 7) is 9.52. The van der Waals surface area contributed by atoms with Gasteiger partial charge in [-0.2, -0.15) is 0 Å². The van der Waals surface area contributed by atoms with Crippen molar-refractivity contribution in [3.8, 4) is 33.4 Å². The molecule has 0 heterocycles. The van der Waals surface area contributed by atoms with E-state index in [1.54, 1.807) is 0 Å². The van der Waals surface area contributed by atoms with E-state index in [0.29, 0.717) is 0 Å². The van der Waals surface area contributed by atoms with Crippen LogP contribution >= 0.6 is 0 Å². The van der Waals surface area contributed by atoms with Crippen molar-refractivity contribution in [2.45, 2.75) is 43.9 Å². The maximum atomic E-state index is 2.50. The molecule has 0 bridgehead atoms. The Hall–Kier alpha value is -8.20. The maximum Gasteiger partial charge on any atom is 0.0714 e. The van der Waals surface area contributed by atoms with Gasteiger partial charge >= 0.3 is 0 Å². The number of para-hydroxylation sites is 1. The summed E-state index contributed by atoms with van der Waals surface area (Å²) in [7, 11) is 0. The van der Waals surface area contributed by atoms with Crippen LogP contribution in [0.2, 0.25) is 0 Å². The van der Waals surface area contributed by atoms with Gasteiger partial charge < -0.3 is 9.80 Å². The minimum absolute atomic E-state index is 0.173. The van der Waals surface area contributed by atoms with Gasteiger partial charge in [0.25, 0.3) is 0 Å². The van der Waals surface area contributed by atoms with Crippen LogP contribution in [-0.2, 0) is 16.2 Å². The van der Waals surface area contributed by atoms with E-state index in [0.717, 1.165) is 28.4 Å². The summed E-state index contributed by atoms with van der Waals surface area (Å²) < 4.78 is 0. The molecule has 0 spiro atoms. The lowest BCUT2D eigenvalue weighted by Crippen LogP contribution is -2.28. The summed E-state index contributed by atoms with van der Waals surface area (Å²) in [5.41, 5.74) is 24.1. The molecule has 10 aromatic carbocycles. The molecule has 0 fully saturated rings. The summed E-state index contributed by atoms with van der Waals surface area (Å²) in [5, 5.41) is 0. The Morgan fingerprint density at radius 1 is 0.261 bits per heavy atom. The van der Waals surface area contributed by atoms with Crippen LogP contribution in [0.1, 0.15) is 72.2 Å². The van der Waals surface area contributed by atoms with Gasteiger partial charge in [-0.1, -0.05) is 210 Å². The van der Waals surface area contributed by atoms with Gasteiger partial charge in [0.1, 0.15) is 0 Å². The third kappa shape index (κ3) is 5.98. The normalized spacial score (nSPS) is 14.7. The number of nitrogens with zero attached hydrogens (tertiary/aromatic N) is 2. The van der Waals surface area contributed by atoms with E-state index in [9.17, 15) is 0 Å². The highest BCUT2D eigenvalue weighted by Crippen LogP contribution is 2.58. The highest BCUT2D eigenvalue weighted by molar-refractivity contribution is 5.93. The van der Waals surface area contributed by atoms with Crippen molar-refractivity contribution >= 4 is 34.1 Å². The minimum atomic E-state index is -0.540. The van der Waals surface area contributed by atoms with Crippen molar-refractivity contribution < 1.29 is 0 Å². The molecule has 0 saturated heterocycles. The molecule has 3 aliphatic rings. The Balaban J connectivity index is 1.04. The van der Waals surface area contributed by atoms with E-state index < -0.39 is 5.41 Å². The molecule has 0 radical (unpaired) electrons. The first-order valence-corrected chi connectivity index (χ1v) is 24.3. The van der Waals surface area contributed by atoms with Crippen molar-refractivity contribution in [1.82, 2.24) is 0 Å². The van der Waals surface area contributed by atoms with E-state index in [1.165, 1.54) is 83.6 Å². The summed E-state index contributed by atoms with van der Waals surface area (Å²) in [5.74, 6) is 0. The monoisotopic (exact) mass is 884 g/mol. The topological polar surface area (TPSA) is 6.48 Å². The first kappa shape index (κ1) is 41.0. The fourth-order valence-corrected chi connectivity index (χ4v) is 12.6. The Kier molecular flexibility index (Phi) is 9.17. The molecule has 2 nitrogen and oxygen atoms in total. The molecule has 3 aliphatic carbocycles. The molecule has 0 aliphatic heterocycles. The average molecular weight is 885 g/mol. The Bertz CT molecular complexity index is 3590. The third-order valence-corrected chi connectivity index (χ3v) is 15.7. The van der Waals surface area contributed by atoms with E-state index in [1.807, 2.05) is 0 Å². The molecule has 13 rings (SSSR count). The van der Waals surface area contributed by atoms with Gasteiger partial charge in [-0.15, -0.1) is 0 Å². The van der Waals surface area contributed by atoms with Gasteiger partial charge in [0.2, 0.25) is 0 Å². The van der Waals surface area contributed by atoms with Crippen LogP contribution < -0.4 is 9.80 Å². The van der Waals surface area contributed by atoms with Crippen LogP contribution in [0.5, 0.6) is 0 Å². The predicted octanol–water partition coefficient (Wildman–Crippen LogP) is 17.6. The maximum absolute atomic E-state index is 2.50. The second-order valence-corrected chi connectivity index (χ2v) is 20.1. The highest BCUT2D eigenvalue weighted by Gasteiger charge is 2.46. The zero-order chi connectivity index (χ0) is 46.5. The molecule has 10 aromatic rings. The molecule has 0 N–H and O–H groups in total. The number of rotatable bonds is 8. The average Bonchev–Trinajstić information content (AvgIpc) is 3.92. The fraction of sp³-hybridized carbons (Fsp3) is 0.104. The molecule has 2 heteroatoms. The van der Waals surface area contributed by atoms with Gasteiger partial charge in [0.15, 0.2) is 0 Å². The number of anilines is 6.